The molecular formula is C22H24N2O2. The minimum Gasteiger partial charge on any atom is -0.364 e. The quantitative estimate of drug-likeness (QED) is 0.713. The van der Waals surface area contributed by atoms with E-state index in [1.54, 1.807) is 6.26 Å². The van der Waals surface area contributed by atoms with E-state index in [0.717, 1.165) is 22.4 Å². The Morgan fingerprint density at radius 3 is 2.50 bits per heavy atom. The monoisotopic (exact) mass is 348 g/mol. The number of aromatic nitrogens is 1. The summed E-state index contributed by atoms with van der Waals surface area (Å²) in [6, 6.07) is 14.4. The Kier molecular flexibility index (Phi) is 5.52. The lowest BCUT2D eigenvalue weighted by Crippen LogP contribution is -2.23. The minimum absolute atomic E-state index is 0.0296. The molecule has 0 aliphatic heterocycles. The van der Waals surface area contributed by atoms with Crippen molar-refractivity contribution in [2.24, 2.45) is 0 Å². The lowest BCUT2D eigenvalue weighted by molar-refractivity contribution is -0.121. The maximum atomic E-state index is 12.2. The van der Waals surface area contributed by atoms with Crippen molar-refractivity contribution in [1.29, 1.82) is 0 Å². The third kappa shape index (κ3) is 4.39. The molecule has 0 aliphatic rings. The zero-order chi connectivity index (χ0) is 18.5. The average molecular weight is 348 g/mol. The first kappa shape index (κ1) is 17.9. The van der Waals surface area contributed by atoms with Crippen LogP contribution < -0.4 is 5.32 Å². The van der Waals surface area contributed by atoms with Crippen molar-refractivity contribution >= 4 is 5.91 Å². The number of carbonyl (C=O) groups is 1. The van der Waals surface area contributed by atoms with Crippen molar-refractivity contribution in [3.05, 3.63) is 76.5 Å². The normalized spacial score (nSPS) is 10.7. The largest absolute Gasteiger partial charge is 0.364 e. The van der Waals surface area contributed by atoms with Gasteiger partial charge in [0.05, 0.1) is 0 Å². The molecule has 0 saturated heterocycles. The molecule has 0 saturated carbocycles. The molecule has 0 atom stereocenters. The molecule has 1 N–H and O–H groups in total. The number of nitrogens with zero attached hydrogens (tertiary/aromatic N) is 1. The fourth-order valence-electron chi connectivity index (χ4n) is 2.91. The number of aryl methyl sites for hydroxylation is 4. The zero-order valence-electron chi connectivity index (χ0n) is 15.5. The zero-order valence-corrected chi connectivity index (χ0v) is 15.5. The Morgan fingerprint density at radius 1 is 1.00 bits per heavy atom. The molecule has 26 heavy (non-hydrogen) atoms. The summed E-state index contributed by atoms with van der Waals surface area (Å²) in [7, 11) is 0. The molecule has 4 heteroatoms. The number of hydrogen-bond acceptors (Lipinski definition) is 3. The molecule has 1 heterocycles. The number of carbonyl (C=O) groups excluding carboxylic acids is 1. The Labute approximate surface area is 154 Å². The SMILES string of the molecule is Cc1ccc(-c2nocc2CCC(=O)NCc2cc(C)ccc2C)cc1. The number of nitrogens with one attached hydrogen (secondary N) is 1. The lowest BCUT2D eigenvalue weighted by Gasteiger charge is -2.09. The van der Waals surface area contributed by atoms with Crippen LogP contribution in [0.4, 0.5) is 0 Å². The molecule has 134 valence electrons. The van der Waals surface area contributed by atoms with Crippen LogP contribution in [0.5, 0.6) is 0 Å². The third-order valence-electron chi connectivity index (χ3n) is 4.57. The first-order valence-electron chi connectivity index (χ1n) is 8.86. The van der Waals surface area contributed by atoms with Gasteiger partial charge in [-0.2, -0.15) is 0 Å². The van der Waals surface area contributed by atoms with Crippen LogP contribution in [-0.2, 0) is 17.8 Å². The van der Waals surface area contributed by atoms with E-state index < -0.39 is 0 Å². The van der Waals surface area contributed by atoms with Gasteiger partial charge in [-0.1, -0.05) is 58.7 Å². The Morgan fingerprint density at radius 2 is 1.73 bits per heavy atom. The average Bonchev–Trinajstić information content (AvgIpc) is 3.10. The van der Waals surface area contributed by atoms with Crippen molar-refractivity contribution in [3.8, 4) is 11.3 Å². The summed E-state index contributed by atoms with van der Waals surface area (Å²) in [5.74, 6) is 0.0296. The first-order valence-corrected chi connectivity index (χ1v) is 8.86. The third-order valence-corrected chi connectivity index (χ3v) is 4.57. The summed E-state index contributed by atoms with van der Waals surface area (Å²) >= 11 is 0. The van der Waals surface area contributed by atoms with Gasteiger partial charge in [-0.05, 0) is 38.3 Å². The van der Waals surface area contributed by atoms with E-state index in [4.69, 9.17) is 4.52 Å². The van der Waals surface area contributed by atoms with Crippen LogP contribution in [0.2, 0.25) is 0 Å². The summed E-state index contributed by atoms with van der Waals surface area (Å²) < 4.78 is 5.14. The van der Waals surface area contributed by atoms with Crippen molar-refractivity contribution in [2.75, 3.05) is 0 Å². The minimum atomic E-state index is 0.0296. The molecule has 0 aliphatic carbocycles. The van der Waals surface area contributed by atoms with Gasteiger partial charge in [0.1, 0.15) is 12.0 Å². The Bertz CT molecular complexity index is 895. The molecule has 3 rings (SSSR count). The number of rotatable bonds is 6. The highest BCUT2D eigenvalue weighted by atomic mass is 16.5. The van der Waals surface area contributed by atoms with Gasteiger partial charge in [0, 0.05) is 24.1 Å². The predicted octanol–water partition coefficient (Wildman–Crippen LogP) is 4.52. The number of amides is 1. The highest BCUT2D eigenvalue weighted by molar-refractivity contribution is 5.76. The van der Waals surface area contributed by atoms with Gasteiger partial charge in [-0.3, -0.25) is 4.79 Å². The number of hydrogen-bond donors (Lipinski definition) is 1. The van der Waals surface area contributed by atoms with Gasteiger partial charge in [0.15, 0.2) is 0 Å². The maximum absolute atomic E-state index is 12.2. The predicted molar refractivity (Wildman–Crippen MR) is 103 cm³/mol. The summed E-state index contributed by atoms with van der Waals surface area (Å²) in [5.41, 5.74) is 7.52. The Balaban J connectivity index is 1.58. The van der Waals surface area contributed by atoms with E-state index in [1.807, 2.05) is 31.2 Å². The van der Waals surface area contributed by atoms with Crippen LogP contribution in [0.25, 0.3) is 11.3 Å². The second kappa shape index (κ2) is 8.00. The molecule has 0 spiro atoms. The summed E-state index contributed by atoms with van der Waals surface area (Å²) in [4.78, 5) is 12.2. The summed E-state index contributed by atoms with van der Waals surface area (Å²) in [6.07, 6.45) is 2.64. The molecule has 0 unspecified atom stereocenters. The van der Waals surface area contributed by atoms with E-state index in [-0.39, 0.29) is 5.91 Å². The summed E-state index contributed by atoms with van der Waals surface area (Å²) in [5, 5.41) is 7.11. The van der Waals surface area contributed by atoms with Crippen LogP contribution in [0.1, 0.15) is 34.2 Å². The highest BCUT2D eigenvalue weighted by Gasteiger charge is 2.12. The van der Waals surface area contributed by atoms with Gasteiger partial charge in [0.2, 0.25) is 5.91 Å². The van der Waals surface area contributed by atoms with Crippen LogP contribution in [0, 0.1) is 20.8 Å². The topological polar surface area (TPSA) is 55.1 Å². The highest BCUT2D eigenvalue weighted by Crippen LogP contribution is 2.23. The van der Waals surface area contributed by atoms with Crippen molar-refractivity contribution in [3.63, 3.8) is 0 Å². The molecular weight excluding hydrogens is 324 g/mol. The van der Waals surface area contributed by atoms with Crippen molar-refractivity contribution in [1.82, 2.24) is 10.5 Å². The van der Waals surface area contributed by atoms with E-state index in [2.05, 4.69) is 42.5 Å². The van der Waals surface area contributed by atoms with Gasteiger partial charge in [-0.25, -0.2) is 0 Å². The molecule has 3 aromatic rings. The van der Waals surface area contributed by atoms with E-state index in [9.17, 15) is 4.79 Å². The second-order valence-electron chi connectivity index (χ2n) is 6.76. The van der Waals surface area contributed by atoms with Crippen LogP contribution >= 0.6 is 0 Å². The molecule has 4 nitrogen and oxygen atoms in total. The first-order chi connectivity index (χ1) is 12.5. The fraction of sp³-hybridized carbons (Fsp3) is 0.273. The molecule has 0 radical (unpaired) electrons. The van der Waals surface area contributed by atoms with Gasteiger partial charge in [-0.15, -0.1) is 0 Å². The second-order valence-corrected chi connectivity index (χ2v) is 6.76. The van der Waals surface area contributed by atoms with Crippen molar-refractivity contribution < 1.29 is 9.32 Å². The standard InChI is InChI=1S/C22H24N2O2/c1-15-5-8-18(9-6-15)22-19(14-26-24-22)10-11-21(25)23-13-20-12-16(2)4-7-17(20)3/h4-9,12,14H,10-11,13H2,1-3H3,(H,23,25). The Hall–Kier alpha value is -2.88. The van der Waals surface area contributed by atoms with E-state index in [0.29, 0.717) is 19.4 Å². The maximum Gasteiger partial charge on any atom is 0.220 e. The van der Waals surface area contributed by atoms with Crippen LogP contribution in [0.3, 0.4) is 0 Å². The molecule has 1 aromatic heterocycles. The molecule has 0 fully saturated rings. The summed E-state index contributed by atoms with van der Waals surface area (Å²) in [6.45, 7) is 6.73. The smallest absolute Gasteiger partial charge is 0.220 e. The lowest BCUT2D eigenvalue weighted by atomic mass is 10.0. The van der Waals surface area contributed by atoms with Crippen LogP contribution in [-0.4, -0.2) is 11.1 Å². The van der Waals surface area contributed by atoms with E-state index in [1.165, 1.54) is 16.7 Å². The van der Waals surface area contributed by atoms with Gasteiger partial charge >= 0.3 is 0 Å². The molecule has 1 amide bonds. The van der Waals surface area contributed by atoms with E-state index >= 15 is 0 Å². The van der Waals surface area contributed by atoms with Gasteiger partial charge < -0.3 is 9.84 Å². The number of benzene rings is 2. The fourth-order valence-corrected chi connectivity index (χ4v) is 2.91. The van der Waals surface area contributed by atoms with Crippen molar-refractivity contribution in [2.45, 2.75) is 40.2 Å². The van der Waals surface area contributed by atoms with Gasteiger partial charge in [0.25, 0.3) is 0 Å². The van der Waals surface area contributed by atoms with Crippen LogP contribution in [0.15, 0.2) is 53.3 Å². The molecule has 0 bridgehead atoms. The molecule has 2 aromatic carbocycles.